The molecule has 0 spiro atoms. The van der Waals surface area contributed by atoms with Crippen LogP contribution in [-0.4, -0.2) is 14.6 Å². The van der Waals surface area contributed by atoms with Gasteiger partial charge in [-0.2, -0.15) is 0 Å². The number of nitrogens with zero attached hydrogens (tertiary/aromatic N) is 3. The number of nitro benzene ring substituents is 1. The minimum atomic E-state index is -0.538. The molecule has 1 atom stereocenters. The van der Waals surface area contributed by atoms with E-state index in [9.17, 15) is 20.0 Å². The lowest BCUT2D eigenvalue weighted by Crippen LogP contribution is -2.38. The lowest BCUT2D eigenvalue weighted by atomic mass is 9.83. The molecule has 7 nitrogen and oxygen atoms in total. The molecule has 0 bridgehead atoms. The highest BCUT2D eigenvalue weighted by atomic mass is 79.9. The van der Waals surface area contributed by atoms with Crippen LogP contribution in [0.15, 0.2) is 86.6 Å². The molecule has 1 aliphatic carbocycles. The smallest absolute Gasteiger partial charge is 0.271 e. The van der Waals surface area contributed by atoms with Gasteiger partial charge >= 0.3 is 0 Å². The highest BCUT2D eigenvalue weighted by molar-refractivity contribution is 9.10. The third kappa shape index (κ3) is 3.63. The molecule has 1 aromatic heterocycles. The lowest BCUT2D eigenvalue weighted by Gasteiger charge is -2.30. The van der Waals surface area contributed by atoms with Gasteiger partial charge in [0.1, 0.15) is 5.75 Å². The van der Waals surface area contributed by atoms with Crippen molar-refractivity contribution in [2.24, 2.45) is 4.99 Å². The van der Waals surface area contributed by atoms with Crippen molar-refractivity contribution in [3.05, 3.63) is 129 Å². The summed E-state index contributed by atoms with van der Waals surface area (Å²) in [6.45, 7) is 0. The number of benzene rings is 3. The third-order valence-corrected chi connectivity index (χ3v) is 8.15. The molecule has 178 valence electrons. The number of hydrogen-bond acceptors (Lipinski definition) is 6. The zero-order chi connectivity index (χ0) is 25.0. The predicted octanol–water partition coefficient (Wildman–Crippen LogP) is 4.70. The van der Waals surface area contributed by atoms with Crippen molar-refractivity contribution in [3.63, 3.8) is 0 Å². The Hall–Kier alpha value is -3.82. The second kappa shape index (κ2) is 8.69. The molecule has 2 aliphatic rings. The van der Waals surface area contributed by atoms with Crippen molar-refractivity contribution in [3.8, 4) is 5.75 Å². The molecule has 0 saturated carbocycles. The van der Waals surface area contributed by atoms with Gasteiger partial charge in [-0.1, -0.05) is 65.9 Å². The van der Waals surface area contributed by atoms with Gasteiger partial charge in [0.05, 0.1) is 25.7 Å². The summed E-state index contributed by atoms with van der Waals surface area (Å²) in [6, 6.07) is 20.3. The Morgan fingerprint density at radius 3 is 2.64 bits per heavy atom. The van der Waals surface area contributed by atoms with Gasteiger partial charge in [-0.3, -0.25) is 19.5 Å². The first-order valence-electron chi connectivity index (χ1n) is 11.3. The van der Waals surface area contributed by atoms with Crippen LogP contribution >= 0.6 is 27.3 Å². The number of hydrogen-bond donors (Lipinski definition) is 1. The summed E-state index contributed by atoms with van der Waals surface area (Å²) >= 11 is 4.38. The maximum absolute atomic E-state index is 13.8. The van der Waals surface area contributed by atoms with Crippen LogP contribution in [0.4, 0.5) is 5.69 Å². The van der Waals surface area contributed by atoms with Crippen molar-refractivity contribution < 1.29 is 10.0 Å². The van der Waals surface area contributed by atoms with Gasteiger partial charge in [-0.05, 0) is 51.5 Å². The number of halogens is 1. The van der Waals surface area contributed by atoms with Crippen LogP contribution in [0.3, 0.4) is 0 Å². The molecule has 2 heterocycles. The van der Waals surface area contributed by atoms with E-state index in [0.29, 0.717) is 9.33 Å². The van der Waals surface area contributed by atoms with Crippen LogP contribution in [-0.2, 0) is 6.42 Å². The van der Waals surface area contributed by atoms with E-state index in [4.69, 9.17) is 4.99 Å². The van der Waals surface area contributed by atoms with E-state index in [1.54, 1.807) is 4.57 Å². The van der Waals surface area contributed by atoms with Crippen LogP contribution in [0, 0.1) is 10.1 Å². The van der Waals surface area contributed by atoms with E-state index >= 15 is 0 Å². The number of phenols is 1. The predicted molar refractivity (Wildman–Crippen MR) is 142 cm³/mol. The van der Waals surface area contributed by atoms with Crippen LogP contribution in [0.5, 0.6) is 5.75 Å². The third-order valence-electron chi connectivity index (χ3n) is 6.56. The number of non-ortho nitro benzene ring substituents is 1. The maximum Gasteiger partial charge on any atom is 0.271 e. The summed E-state index contributed by atoms with van der Waals surface area (Å²) in [6.07, 6.45) is 3.15. The van der Waals surface area contributed by atoms with Crippen LogP contribution in [0.2, 0.25) is 0 Å². The number of aromatic nitrogens is 1. The Kier molecular flexibility index (Phi) is 5.46. The van der Waals surface area contributed by atoms with Crippen LogP contribution < -0.4 is 14.9 Å². The number of phenolic OH excluding ortho intramolecular Hbond substituents is 1. The van der Waals surface area contributed by atoms with Crippen LogP contribution in [0.25, 0.3) is 11.8 Å². The fourth-order valence-electron chi connectivity index (χ4n) is 4.92. The average molecular weight is 560 g/mol. The van der Waals surface area contributed by atoms with Gasteiger partial charge in [-0.15, -0.1) is 0 Å². The molecule has 6 rings (SSSR count). The van der Waals surface area contributed by atoms with Crippen molar-refractivity contribution in [1.29, 1.82) is 0 Å². The number of allylic oxidation sites excluding steroid dienone is 1. The zero-order valence-electron chi connectivity index (χ0n) is 18.7. The fourth-order valence-corrected chi connectivity index (χ4v) is 6.38. The first-order valence-corrected chi connectivity index (χ1v) is 12.9. The minimum Gasteiger partial charge on any atom is -0.506 e. The fraction of sp³-hybridized carbons (Fsp3) is 0.111. The Balaban J connectivity index is 1.62. The number of nitro groups is 1. The number of aromatic hydroxyl groups is 1. The van der Waals surface area contributed by atoms with E-state index in [-0.39, 0.29) is 33.1 Å². The summed E-state index contributed by atoms with van der Waals surface area (Å²) in [4.78, 5) is 30.1. The molecular weight excluding hydrogens is 542 g/mol. The van der Waals surface area contributed by atoms with Gasteiger partial charge in [0.2, 0.25) is 0 Å². The Bertz CT molecular complexity index is 1770. The van der Waals surface area contributed by atoms with E-state index in [0.717, 1.165) is 35.2 Å². The first-order chi connectivity index (χ1) is 17.4. The topological polar surface area (TPSA) is 97.7 Å². The Morgan fingerprint density at radius 1 is 1.11 bits per heavy atom. The molecule has 0 radical (unpaired) electrons. The second-order valence-corrected chi connectivity index (χ2v) is 10.5. The first kappa shape index (κ1) is 22.6. The van der Waals surface area contributed by atoms with Crippen molar-refractivity contribution in [1.82, 2.24) is 4.57 Å². The average Bonchev–Trinajstić information content (AvgIpc) is 3.20. The molecule has 0 saturated heterocycles. The molecule has 4 aromatic rings. The number of rotatable bonds is 3. The largest absolute Gasteiger partial charge is 0.506 e. The second-order valence-electron chi connectivity index (χ2n) is 8.65. The molecule has 36 heavy (non-hydrogen) atoms. The van der Waals surface area contributed by atoms with E-state index in [1.165, 1.54) is 35.1 Å². The molecule has 3 aromatic carbocycles. The molecule has 1 aliphatic heterocycles. The molecule has 0 unspecified atom stereocenters. The molecule has 1 N–H and O–H groups in total. The zero-order valence-corrected chi connectivity index (χ0v) is 21.1. The normalized spacial score (nSPS) is 16.7. The summed E-state index contributed by atoms with van der Waals surface area (Å²) in [7, 11) is 0. The summed E-state index contributed by atoms with van der Waals surface area (Å²) in [5.41, 5.74) is 5.06. The van der Waals surface area contributed by atoms with E-state index in [2.05, 4.69) is 28.1 Å². The molecular formula is C27H18BrN3O4S. The van der Waals surface area contributed by atoms with E-state index in [1.807, 2.05) is 42.5 Å². The summed E-state index contributed by atoms with van der Waals surface area (Å²) in [5, 5.41) is 21.9. The Labute approximate surface area is 217 Å². The quantitative estimate of drug-likeness (QED) is 0.290. The summed E-state index contributed by atoms with van der Waals surface area (Å²) in [5.74, 6) is -0.167. The highest BCUT2D eigenvalue weighted by Crippen LogP contribution is 2.41. The standard InChI is InChI=1S/C27H18BrN3O4S/c28-21-14-18(31(34)35)12-17(25(21)32)13-22-26(33)30-24(16-7-2-1-3-8-16)20-11-10-15-6-4-5-9-19(15)23(20)29-27(30)36-22/h1-9,12-14,24,32H,10-11H2/b22-13-/t24-/m0/s1. The summed E-state index contributed by atoms with van der Waals surface area (Å²) < 4.78 is 2.23. The minimum absolute atomic E-state index is 0.167. The number of thiazole rings is 1. The van der Waals surface area contributed by atoms with E-state index < -0.39 is 4.92 Å². The molecule has 0 fully saturated rings. The Morgan fingerprint density at radius 2 is 1.86 bits per heavy atom. The van der Waals surface area contributed by atoms with Gasteiger partial charge in [0.25, 0.3) is 11.2 Å². The monoisotopic (exact) mass is 559 g/mol. The highest BCUT2D eigenvalue weighted by Gasteiger charge is 2.32. The number of fused-ring (bicyclic) bond motifs is 3. The maximum atomic E-state index is 13.8. The van der Waals surface area contributed by atoms with Crippen LogP contribution in [0.1, 0.15) is 34.7 Å². The van der Waals surface area contributed by atoms with Crippen molar-refractivity contribution in [2.75, 3.05) is 0 Å². The SMILES string of the molecule is O=c1/c(=C/c2cc([N+](=O)[O-])cc(Br)c2O)sc2n1[C@@H](c1ccccc1)C1=C(N=2)c2ccccc2CC1. The van der Waals surface area contributed by atoms with Crippen molar-refractivity contribution >= 4 is 44.7 Å². The van der Waals surface area contributed by atoms with Gasteiger partial charge < -0.3 is 5.11 Å². The van der Waals surface area contributed by atoms with Gasteiger partial charge in [0.15, 0.2) is 4.80 Å². The van der Waals surface area contributed by atoms with Crippen molar-refractivity contribution in [2.45, 2.75) is 18.9 Å². The molecule has 9 heteroatoms. The lowest BCUT2D eigenvalue weighted by molar-refractivity contribution is -0.385. The van der Waals surface area contributed by atoms with Gasteiger partial charge in [0, 0.05) is 23.3 Å². The molecule has 0 amide bonds. The number of aryl methyl sites for hydroxylation is 1. The van der Waals surface area contributed by atoms with Gasteiger partial charge in [-0.25, -0.2) is 4.99 Å².